The summed E-state index contributed by atoms with van der Waals surface area (Å²) in [6.07, 6.45) is 3.20. The summed E-state index contributed by atoms with van der Waals surface area (Å²) in [5.41, 5.74) is 2.82. The monoisotopic (exact) mass is 514 g/mol. The maximum atomic E-state index is 13.7. The summed E-state index contributed by atoms with van der Waals surface area (Å²) in [5, 5.41) is 20.8. The van der Waals surface area contributed by atoms with E-state index in [2.05, 4.69) is 20.6 Å². The van der Waals surface area contributed by atoms with Gasteiger partial charge in [-0.3, -0.25) is 9.78 Å². The van der Waals surface area contributed by atoms with E-state index in [1.54, 1.807) is 72.5 Å². The Labute approximate surface area is 218 Å². The largest absolute Gasteiger partial charge is 0.508 e. The minimum Gasteiger partial charge on any atom is -0.508 e. The van der Waals surface area contributed by atoms with Crippen molar-refractivity contribution in [3.63, 3.8) is 0 Å². The van der Waals surface area contributed by atoms with Crippen molar-refractivity contribution < 1.29 is 24.1 Å². The molecule has 1 unspecified atom stereocenters. The third kappa shape index (κ3) is 4.45. The summed E-state index contributed by atoms with van der Waals surface area (Å²) in [5.74, 6) is 1.84. The number of amides is 1. The first-order valence-electron chi connectivity index (χ1n) is 11.7. The number of ether oxygens (including phenoxy) is 3. The Balaban J connectivity index is 1.68. The van der Waals surface area contributed by atoms with E-state index in [4.69, 9.17) is 19.3 Å². The lowest BCUT2D eigenvalue weighted by molar-refractivity contribution is -0.113. The number of hydrogen-bond acceptors (Lipinski definition) is 9. The molecule has 0 spiro atoms. The van der Waals surface area contributed by atoms with Crippen LogP contribution >= 0.6 is 0 Å². The number of nitrogens with one attached hydrogen (secondary N) is 2. The number of nitrogens with zero attached hydrogens (tertiary/aromatic N) is 4. The molecule has 0 aliphatic carbocycles. The van der Waals surface area contributed by atoms with E-state index in [0.717, 1.165) is 0 Å². The van der Waals surface area contributed by atoms with Crippen LogP contribution in [0.5, 0.6) is 23.0 Å². The first-order chi connectivity index (χ1) is 18.4. The zero-order chi connectivity index (χ0) is 26.8. The fourth-order valence-electron chi connectivity index (χ4n) is 4.41. The Morgan fingerprint density at radius 3 is 2.45 bits per heavy atom. The van der Waals surface area contributed by atoms with Crippen molar-refractivity contribution in [2.24, 2.45) is 0 Å². The molecular formula is C27H26N6O5. The molecule has 0 fully saturated rings. The standard InChI is InChI=1S/C27H26N6O5/c1-15-22(26(35)30-18-8-6-10-28-14-18)23(17-12-20(36-2)24(38-4)21(13-17)37-3)33-27(29-15)31-25(32-33)16-7-5-9-19(34)11-16/h5-14,23,34H,1-4H3,(H,30,35)(H,29,31,32). The van der Waals surface area contributed by atoms with Gasteiger partial charge in [-0.25, -0.2) is 4.68 Å². The third-order valence-electron chi connectivity index (χ3n) is 6.12. The van der Waals surface area contributed by atoms with Gasteiger partial charge in [0.1, 0.15) is 11.8 Å². The number of fused-ring (bicyclic) bond motifs is 1. The molecule has 2 aromatic carbocycles. The van der Waals surface area contributed by atoms with Crippen LogP contribution in [0, 0.1) is 0 Å². The first-order valence-corrected chi connectivity index (χ1v) is 11.7. The maximum absolute atomic E-state index is 13.7. The van der Waals surface area contributed by atoms with Crippen LogP contribution in [0.25, 0.3) is 11.4 Å². The molecule has 11 nitrogen and oxygen atoms in total. The second-order valence-corrected chi connectivity index (χ2v) is 8.47. The maximum Gasteiger partial charge on any atom is 0.255 e. The van der Waals surface area contributed by atoms with Gasteiger partial charge in [-0.15, -0.1) is 5.10 Å². The molecule has 5 rings (SSSR count). The Kier molecular flexibility index (Phi) is 6.56. The SMILES string of the molecule is COc1cc(C2C(C(=O)Nc3cccnc3)=C(C)Nc3nc(-c4cccc(O)c4)nn32)cc(OC)c1OC. The van der Waals surface area contributed by atoms with Crippen molar-refractivity contribution >= 4 is 17.5 Å². The number of carbonyl (C=O) groups is 1. The van der Waals surface area contributed by atoms with Crippen molar-refractivity contribution in [2.75, 3.05) is 32.0 Å². The fraction of sp³-hybridized carbons (Fsp3) is 0.185. The summed E-state index contributed by atoms with van der Waals surface area (Å²) in [4.78, 5) is 22.4. The van der Waals surface area contributed by atoms with Crippen LogP contribution in [-0.4, -0.2) is 52.1 Å². The Bertz CT molecular complexity index is 1510. The molecule has 3 heterocycles. The number of phenols is 1. The van der Waals surface area contributed by atoms with Crippen LogP contribution in [-0.2, 0) is 4.79 Å². The van der Waals surface area contributed by atoms with Gasteiger partial charge in [0, 0.05) is 17.5 Å². The van der Waals surface area contributed by atoms with Crippen molar-refractivity contribution in [3.05, 3.63) is 77.8 Å². The summed E-state index contributed by atoms with van der Waals surface area (Å²) in [6.45, 7) is 1.80. The number of aromatic nitrogens is 4. The Morgan fingerprint density at radius 1 is 1.05 bits per heavy atom. The molecule has 3 N–H and O–H groups in total. The number of hydrogen-bond donors (Lipinski definition) is 3. The number of aromatic hydroxyl groups is 1. The van der Waals surface area contributed by atoms with Crippen molar-refractivity contribution in [1.82, 2.24) is 19.7 Å². The minimum atomic E-state index is -0.713. The van der Waals surface area contributed by atoms with Gasteiger partial charge in [-0.2, -0.15) is 4.98 Å². The average Bonchev–Trinajstić information content (AvgIpc) is 3.35. The Morgan fingerprint density at radius 2 is 1.82 bits per heavy atom. The van der Waals surface area contributed by atoms with Gasteiger partial charge in [-0.1, -0.05) is 12.1 Å². The zero-order valence-corrected chi connectivity index (χ0v) is 21.2. The van der Waals surface area contributed by atoms with Crippen molar-refractivity contribution in [1.29, 1.82) is 0 Å². The van der Waals surface area contributed by atoms with E-state index in [1.807, 2.05) is 0 Å². The van der Waals surface area contributed by atoms with Crippen LogP contribution in [0.1, 0.15) is 18.5 Å². The first kappa shape index (κ1) is 24.6. The zero-order valence-electron chi connectivity index (χ0n) is 21.2. The number of methoxy groups -OCH3 is 3. The number of allylic oxidation sites excluding steroid dienone is 1. The second-order valence-electron chi connectivity index (χ2n) is 8.47. The average molecular weight is 515 g/mol. The molecule has 0 radical (unpaired) electrons. The van der Waals surface area contributed by atoms with Gasteiger partial charge in [0.25, 0.3) is 5.91 Å². The van der Waals surface area contributed by atoms with Gasteiger partial charge in [0.05, 0.1) is 38.8 Å². The van der Waals surface area contributed by atoms with Crippen LogP contribution in [0.15, 0.2) is 72.2 Å². The van der Waals surface area contributed by atoms with Gasteiger partial charge in [-0.05, 0) is 48.9 Å². The molecule has 2 aromatic heterocycles. The topological polar surface area (TPSA) is 133 Å². The minimum absolute atomic E-state index is 0.0928. The molecule has 0 saturated carbocycles. The highest BCUT2D eigenvalue weighted by Gasteiger charge is 2.36. The van der Waals surface area contributed by atoms with E-state index >= 15 is 0 Å². The molecule has 38 heavy (non-hydrogen) atoms. The predicted molar refractivity (Wildman–Crippen MR) is 141 cm³/mol. The van der Waals surface area contributed by atoms with Crippen molar-refractivity contribution in [3.8, 4) is 34.4 Å². The normalized spacial score (nSPS) is 14.4. The molecule has 11 heteroatoms. The second kappa shape index (κ2) is 10.1. The highest BCUT2D eigenvalue weighted by Crippen LogP contribution is 2.44. The van der Waals surface area contributed by atoms with Crippen LogP contribution in [0.4, 0.5) is 11.6 Å². The number of anilines is 2. The number of phenolic OH excluding ortho intramolecular Hbond substituents is 1. The number of benzene rings is 2. The summed E-state index contributed by atoms with van der Waals surface area (Å²) in [7, 11) is 4.58. The molecule has 1 aliphatic rings. The number of carbonyl (C=O) groups excluding carboxylic acids is 1. The number of rotatable bonds is 7. The highest BCUT2D eigenvalue weighted by atomic mass is 16.5. The quantitative estimate of drug-likeness (QED) is 0.335. The molecule has 1 aliphatic heterocycles. The molecule has 0 bridgehead atoms. The van der Waals surface area contributed by atoms with Gasteiger partial charge >= 0.3 is 0 Å². The highest BCUT2D eigenvalue weighted by molar-refractivity contribution is 6.06. The smallest absolute Gasteiger partial charge is 0.255 e. The van der Waals surface area contributed by atoms with Gasteiger partial charge < -0.3 is 30.0 Å². The van der Waals surface area contributed by atoms with Crippen molar-refractivity contribution in [2.45, 2.75) is 13.0 Å². The van der Waals surface area contributed by atoms with E-state index < -0.39 is 6.04 Å². The summed E-state index contributed by atoms with van der Waals surface area (Å²) >= 11 is 0. The number of pyridine rings is 1. The summed E-state index contributed by atoms with van der Waals surface area (Å²) < 4.78 is 18.3. The van der Waals surface area contributed by atoms with Crippen LogP contribution < -0.4 is 24.8 Å². The van der Waals surface area contributed by atoms with E-state index in [9.17, 15) is 9.90 Å². The molecule has 194 valence electrons. The molecule has 1 atom stereocenters. The van der Waals surface area contributed by atoms with E-state index in [0.29, 0.717) is 57.1 Å². The molecule has 1 amide bonds. The van der Waals surface area contributed by atoms with Gasteiger partial charge in [0.2, 0.25) is 11.7 Å². The molecule has 4 aromatic rings. The van der Waals surface area contributed by atoms with Gasteiger partial charge in [0.15, 0.2) is 17.3 Å². The molecule has 0 saturated heterocycles. The lowest BCUT2D eigenvalue weighted by Gasteiger charge is -2.29. The summed E-state index contributed by atoms with van der Waals surface area (Å²) in [6, 6.07) is 13.0. The lowest BCUT2D eigenvalue weighted by atomic mass is 9.94. The Hall–Kier alpha value is -5.06. The van der Waals surface area contributed by atoms with E-state index in [1.165, 1.54) is 21.3 Å². The lowest BCUT2D eigenvalue weighted by Crippen LogP contribution is -2.31. The predicted octanol–water partition coefficient (Wildman–Crippen LogP) is 4.00. The van der Waals surface area contributed by atoms with Crippen LogP contribution in [0.2, 0.25) is 0 Å². The van der Waals surface area contributed by atoms with Crippen LogP contribution in [0.3, 0.4) is 0 Å². The third-order valence-corrected chi connectivity index (χ3v) is 6.12. The molecular weight excluding hydrogens is 488 g/mol. The fourth-order valence-corrected chi connectivity index (χ4v) is 4.41. The van der Waals surface area contributed by atoms with E-state index in [-0.39, 0.29) is 11.7 Å².